The Morgan fingerprint density at radius 3 is 2.52 bits per heavy atom. The molecule has 0 aliphatic carbocycles. The standard InChI is InChI=1S/C23H26N2O4/c1-17-10-9-15-24-19(17)13-8-14-20(25-22(27)29-23(2,3)4)21(26)28-16-18-11-6-5-7-12-18/h5-7,9-12,15,20H,14,16H2,1-4H3,(H,25,27). The number of aromatic nitrogens is 1. The highest BCUT2D eigenvalue weighted by atomic mass is 16.6. The van der Waals surface area contributed by atoms with E-state index in [0.717, 1.165) is 11.1 Å². The summed E-state index contributed by atoms with van der Waals surface area (Å²) in [6.07, 6.45) is 1.03. The summed E-state index contributed by atoms with van der Waals surface area (Å²) in [6.45, 7) is 7.26. The molecule has 29 heavy (non-hydrogen) atoms. The van der Waals surface area contributed by atoms with E-state index in [-0.39, 0.29) is 13.0 Å². The summed E-state index contributed by atoms with van der Waals surface area (Å²) >= 11 is 0. The van der Waals surface area contributed by atoms with Crippen LogP contribution in [0.3, 0.4) is 0 Å². The van der Waals surface area contributed by atoms with Gasteiger partial charge in [0.15, 0.2) is 0 Å². The number of hydrogen-bond acceptors (Lipinski definition) is 5. The van der Waals surface area contributed by atoms with Gasteiger partial charge in [-0.25, -0.2) is 14.6 Å². The van der Waals surface area contributed by atoms with Gasteiger partial charge in [-0.1, -0.05) is 42.3 Å². The minimum Gasteiger partial charge on any atom is -0.459 e. The van der Waals surface area contributed by atoms with E-state index in [2.05, 4.69) is 22.1 Å². The molecule has 0 saturated heterocycles. The SMILES string of the molecule is Cc1cccnc1C#CCC(NC(=O)OC(C)(C)C)C(=O)OCc1ccccc1. The Bertz CT molecular complexity index is 892. The Kier molecular flexibility index (Phi) is 7.79. The molecule has 1 atom stereocenters. The van der Waals surface area contributed by atoms with E-state index < -0.39 is 23.7 Å². The van der Waals surface area contributed by atoms with Crippen molar-refractivity contribution in [3.05, 3.63) is 65.5 Å². The zero-order valence-corrected chi connectivity index (χ0v) is 17.2. The molecule has 0 aliphatic rings. The van der Waals surface area contributed by atoms with Crippen LogP contribution in [0.1, 0.15) is 44.0 Å². The van der Waals surface area contributed by atoms with Gasteiger partial charge >= 0.3 is 12.1 Å². The van der Waals surface area contributed by atoms with E-state index in [1.54, 1.807) is 27.0 Å². The van der Waals surface area contributed by atoms with Crippen molar-refractivity contribution in [1.82, 2.24) is 10.3 Å². The van der Waals surface area contributed by atoms with Gasteiger partial charge in [-0.15, -0.1) is 0 Å². The fourth-order valence-electron chi connectivity index (χ4n) is 2.33. The molecule has 152 valence electrons. The number of amides is 1. The maximum absolute atomic E-state index is 12.6. The van der Waals surface area contributed by atoms with Crippen LogP contribution >= 0.6 is 0 Å². The number of esters is 1. The molecule has 1 N–H and O–H groups in total. The molecule has 1 unspecified atom stereocenters. The molecular formula is C23H26N2O4. The van der Waals surface area contributed by atoms with Crippen LogP contribution in [-0.4, -0.2) is 28.7 Å². The molecule has 0 fully saturated rings. The minimum atomic E-state index is -0.954. The number of benzene rings is 1. The number of rotatable bonds is 5. The Balaban J connectivity index is 2.07. The molecule has 0 aliphatic heterocycles. The topological polar surface area (TPSA) is 77.5 Å². The average Bonchev–Trinajstić information content (AvgIpc) is 2.66. The van der Waals surface area contributed by atoms with Crippen LogP contribution in [-0.2, 0) is 20.9 Å². The maximum Gasteiger partial charge on any atom is 0.408 e. The number of nitrogens with one attached hydrogen (secondary N) is 1. The number of carbonyl (C=O) groups is 2. The highest BCUT2D eigenvalue weighted by Gasteiger charge is 2.25. The molecule has 6 nitrogen and oxygen atoms in total. The van der Waals surface area contributed by atoms with Crippen molar-refractivity contribution in [3.63, 3.8) is 0 Å². The summed E-state index contributed by atoms with van der Waals surface area (Å²) in [5.41, 5.74) is 1.73. The van der Waals surface area contributed by atoms with Gasteiger partial charge in [-0.05, 0) is 50.8 Å². The molecule has 2 aromatic rings. The fourth-order valence-corrected chi connectivity index (χ4v) is 2.33. The number of pyridine rings is 1. The quantitative estimate of drug-likeness (QED) is 0.617. The first-order valence-corrected chi connectivity index (χ1v) is 9.35. The molecule has 0 bridgehead atoms. The van der Waals surface area contributed by atoms with E-state index in [0.29, 0.717) is 5.69 Å². The first kappa shape index (κ1) is 22.0. The molecule has 6 heteroatoms. The molecule has 1 aromatic heterocycles. The number of ether oxygens (including phenoxy) is 2. The minimum absolute atomic E-state index is 0.0723. The van der Waals surface area contributed by atoms with Crippen molar-refractivity contribution in [2.75, 3.05) is 0 Å². The predicted octanol–water partition coefficient (Wildman–Crippen LogP) is 3.77. The van der Waals surface area contributed by atoms with E-state index in [1.165, 1.54) is 0 Å². The summed E-state index contributed by atoms with van der Waals surface area (Å²) in [4.78, 5) is 28.9. The lowest BCUT2D eigenvalue weighted by atomic mass is 10.1. The molecule has 0 spiro atoms. The lowest BCUT2D eigenvalue weighted by Gasteiger charge is -2.22. The van der Waals surface area contributed by atoms with Crippen LogP contribution in [0.4, 0.5) is 4.79 Å². The second-order valence-corrected chi connectivity index (χ2v) is 7.47. The Hall–Kier alpha value is -3.33. The van der Waals surface area contributed by atoms with Crippen molar-refractivity contribution in [2.45, 2.75) is 52.4 Å². The van der Waals surface area contributed by atoms with E-state index in [4.69, 9.17) is 9.47 Å². The molecule has 0 radical (unpaired) electrons. The van der Waals surface area contributed by atoms with Gasteiger partial charge in [0, 0.05) is 12.6 Å². The lowest BCUT2D eigenvalue weighted by molar-refractivity contribution is -0.147. The highest BCUT2D eigenvalue weighted by Crippen LogP contribution is 2.09. The highest BCUT2D eigenvalue weighted by molar-refractivity contribution is 5.81. The van der Waals surface area contributed by atoms with Crippen LogP contribution in [0, 0.1) is 18.8 Å². The third kappa shape index (κ3) is 8.06. The van der Waals surface area contributed by atoms with Crippen LogP contribution in [0.25, 0.3) is 0 Å². The van der Waals surface area contributed by atoms with E-state index in [1.807, 2.05) is 49.4 Å². The summed E-state index contributed by atoms with van der Waals surface area (Å²) in [6, 6.07) is 12.1. The van der Waals surface area contributed by atoms with Crippen molar-refractivity contribution < 1.29 is 19.1 Å². The molecule has 1 amide bonds. The normalized spacial score (nSPS) is 11.6. The molecule has 2 rings (SSSR count). The second-order valence-electron chi connectivity index (χ2n) is 7.47. The lowest BCUT2D eigenvalue weighted by Crippen LogP contribution is -2.44. The number of hydrogen-bond donors (Lipinski definition) is 1. The number of nitrogens with zero attached hydrogens (tertiary/aromatic N) is 1. The summed E-state index contributed by atoms with van der Waals surface area (Å²) in [5, 5.41) is 2.55. The van der Waals surface area contributed by atoms with Crippen molar-refractivity contribution in [2.24, 2.45) is 0 Å². The Morgan fingerprint density at radius 2 is 1.86 bits per heavy atom. The van der Waals surface area contributed by atoms with Gasteiger partial charge in [0.05, 0.1) is 0 Å². The van der Waals surface area contributed by atoms with Crippen LogP contribution < -0.4 is 5.32 Å². The van der Waals surface area contributed by atoms with Crippen LogP contribution in [0.5, 0.6) is 0 Å². The van der Waals surface area contributed by atoms with Gasteiger partial charge in [0.1, 0.15) is 23.9 Å². The van der Waals surface area contributed by atoms with Gasteiger partial charge in [0.2, 0.25) is 0 Å². The van der Waals surface area contributed by atoms with Crippen molar-refractivity contribution in [3.8, 4) is 11.8 Å². The summed E-state index contributed by atoms with van der Waals surface area (Å²) in [5.74, 6) is 5.26. The average molecular weight is 394 g/mol. The first-order chi connectivity index (χ1) is 13.7. The zero-order chi connectivity index (χ0) is 21.3. The third-order valence-electron chi connectivity index (χ3n) is 3.72. The number of carbonyl (C=O) groups excluding carboxylic acids is 2. The van der Waals surface area contributed by atoms with E-state index in [9.17, 15) is 9.59 Å². The van der Waals surface area contributed by atoms with Gasteiger partial charge in [0.25, 0.3) is 0 Å². The van der Waals surface area contributed by atoms with Gasteiger partial charge < -0.3 is 14.8 Å². The molecular weight excluding hydrogens is 368 g/mol. The van der Waals surface area contributed by atoms with Crippen LogP contribution in [0.15, 0.2) is 48.7 Å². The Labute approximate surface area is 171 Å². The van der Waals surface area contributed by atoms with Gasteiger partial charge in [-0.3, -0.25) is 0 Å². The molecule has 0 saturated carbocycles. The first-order valence-electron chi connectivity index (χ1n) is 9.35. The van der Waals surface area contributed by atoms with Crippen LogP contribution in [0.2, 0.25) is 0 Å². The number of alkyl carbamates (subject to hydrolysis) is 1. The zero-order valence-electron chi connectivity index (χ0n) is 17.2. The maximum atomic E-state index is 12.6. The molecule has 1 heterocycles. The van der Waals surface area contributed by atoms with Gasteiger partial charge in [-0.2, -0.15) is 0 Å². The molecule has 1 aromatic carbocycles. The monoisotopic (exact) mass is 394 g/mol. The summed E-state index contributed by atoms with van der Waals surface area (Å²) in [7, 11) is 0. The predicted molar refractivity (Wildman–Crippen MR) is 110 cm³/mol. The second kappa shape index (κ2) is 10.3. The Morgan fingerprint density at radius 1 is 1.14 bits per heavy atom. The largest absolute Gasteiger partial charge is 0.459 e. The van der Waals surface area contributed by atoms with Crippen molar-refractivity contribution >= 4 is 12.1 Å². The third-order valence-corrected chi connectivity index (χ3v) is 3.72. The van der Waals surface area contributed by atoms with E-state index >= 15 is 0 Å². The summed E-state index contributed by atoms with van der Waals surface area (Å²) < 4.78 is 10.6. The smallest absolute Gasteiger partial charge is 0.408 e. The van der Waals surface area contributed by atoms with Crippen molar-refractivity contribution in [1.29, 1.82) is 0 Å². The number of aryl methyl sites for hydroxylation is 1. The fraction of sp³-hybridized carbons (Fsp3) is 0.348.